The molecule has 0 radical (unpaired) electrons. The van der Waals surface area contributed by atoms with E-state index in [1.54, 1.807) is 12.1 Å². The summed E-state index contributed by atoms with van der Waals surface area (Å²) >= 11 is 0. The first kappa shape index (κ1) is 20.5. The van der Waals surface area contributed by atoms with E-state index < -0.39 is 23.3 Å². The number of nitrogens with zero attached hydrogens (tertiary/aromatic N) is 2. The molecular formula is C26H24N2O3. The normalized spacial score (nSPS) is 16.0. The fourth-order valence-corrected chi connectivity index (χ4v) is 4.16. The summed E-state index contributed by atoms with van der Waals surface area (Å²) in [5.41, 5.74) is 0.835. The zero-order valence-corrected chi connectivity index (χ0v) is 17.4. The number of rotatable bonds is 6. The average molecular weight is 412 g/mol. The zero-order valence-electron chi connectivity index (χ0n) is 17.4. The summed E-state index contributed by atoms with van der Waals surface area (Å²) in [7, 11) is 0. The van der Waals surface area contributed by atoms with E-state index in [4.69, 9.17) is 0 Å². The fraction of sp³-hybridized carbons (Fsp3) is 0.192. The smallest absolute Gasteiger partial charge is 0.273 e. The van der Waals surface area contributed by atoms with Crippen LogP contribution in [-0.4, -0.2) is 27.6 Å². The van der Waals surface area contributed by atoms with Crippen LogP contribution in [0.4, 0.5) is 4.79 Å². The molecule has 3 aromatic carbocycles. The number of benzene rings is 3. The van der Waals surface area contributed by atoms with E-state index in [1.165, 1.54) is 9.80 Å². The van der Waals surface area contributed by atoms with Crippen LogP contribution in [0.1, 0.15) is 30.0 Å². The second-order valence-electron chi connectivity index (χ2n) is 7.66. The largest absolute Gasteiger partial charge is 0.334 e. The van der Waals surface area contributed by atoms with Gasteiger partial charge in [-0.1, -0.05) is 97.9 Å². The van der Waals surface area contributed by atoms with Crippen molar-refractivity contribution in [2.24, 2.45) is 0 Å². The van der Waals surface area contributed by atoms with E-state index in [0.717, 1.165) is 11.1 Å². The number of amides is 4. The first-order valence-electron chi connectivity index (χ1n) is 10.4. The quantitative estimate of drug-likeness (QED) is 0.559. The van der Waals surface area contributed by atoms with Gasteiger partial charge >= 0.3 is 6.03 Å². The standard InChI is InChI=1S/C26H24N2O3/c1-2-26(22-16-10-5-11-17-22)23(29)27(18-20-12-6-3-7-13-20)25(31)28(24(26)30)19-21-14-8-4-9-15-21/h3-17H,2,18-19H2,1H3. The molecule has 0 spiro atoms. The lowest BCUT2D eigenvalue weighted by Crippen LogP contribution is -2.66. The highest BCUT2D eigenvalue weighted by Crippen LogP contribution is 2.38. The number of carbonyl (C=O) groups excluding carboxylic acids is 3. The van der Waals surface area contributed by atoms with Crippen LogP contribution in [0.25, 0.3) is 0 Å². The third-order valence-corrected chi connectivity index (χ3v) is 5.85. The highest BCUT2D eigenvalue weighted by Gasteiger charge is 2.57. The Morgan fingerprint density at radius 3 is 1.39 bits per heavy atom. The first-order valence-corrected chi connectivity index (χ1v) is 10.4. The summed E-state index contributed by atoms with van der Waals surface area (Å²) in [5, 5.41) is 0. The molecule has 1 aliphatic rings. The Balaban J connectivity index is 1.81. The van der Waals surface area contributed by atoms with E-state index >= 15 is 0 Å². The summed E-state index contributed by atoms with van der Waals surface area (Å²) < 4.78 is 0. The van der Waals surface area contributed by atoms with Crippen molar-refractivity contribution in [3.05, 3.63) is 108 Å². The van der Waals surface area contributed by atoms with Gasteiger partial charge in [-0.25, -0.2) is 4.79 Å². The van der Waals surface area contributed by atoms with Crippen molar-refractivity contribution in [2.75, 3.05) is 0 Å². The maximum absolute atomic E-state index is 13.8. The predicted molar refractivity (Wildman–Crippen MR) is 118 cm³/mol. The van der Waals surface area contributed by atoms with Gasteiger partial charge in [0.2, 0.25) is 0 Å². The number of imide groups is 2. The molecule has 0 unspecified atom stereocenters. The molecule has 31 heavy (non-hydrogen) atoms. The van der Waals surface area contributed by atoms with Crippen molar-refractivity contribution in [2.45, 2.75) is 31.8 Å². The molecule has 4 amide bonds. The van der Waals surface area contributed by atoms with Crippen LogP contribution in [-0.2, 0) is 28.1 Å². The maximum Gasteiger partial charge on any atom is 0.334 e. The number of hydrogen-bond donors (Lipinski definition) is 0. The van der Waals surface area contributed by atoms with Gasteiger partial charge in [0.25, 0.3) is 11.8 Å². The molecule has 4 rings (SSSR count). The molecule has 5 heteroatoms. The van der Waals surface area contributed by atoms with Crippen LogP contribution in [0.2, 0.25) is 0 Å². The van der Waals surface area contributed by atoms with E-state index in [-0.39, 0.29) is 19.5 Å². The minimum absolute atomic E-state index is 0.117. The third-order valence-electron chi connectivity index (χ3n) is 5.85. The molecule has 1 heterocycles. The Morgan fingerprint density at radius 1 is 0.613 bits per heavy atom. The topological polar surface area (TPSA) is 57.7 Å². The summed E-state index contributed by atoms with van der Waals surface area (Å²) in [6.45, 7) is 2.05. The lowest BCUT2D eigenvalue weighted by Gasteiger charge is -2.44. The lowest BCUT2D eigenvalue weighted by atomic mass is 9.74. The lowest BCUT2D eigenvalue weighted by molar-refractivity contribution is -0.153. The van der Waals surface area contributed by atoms with Gasteiger partial charge in [0.05, 0.1) is 13.1 Å². The zero-order chi connectivity index (χ0) is 21.8. The van der Waals surface area contributed by atoms with Gasteiger partial charge in [0.1, 0.15) is 0 Å². The van der Waals surface area contributed by atoms with Gasteiger partial charge in [-0.2, -0.15) is 0 Å². The van der Waals surface area contributed by atoms with Crippen LogP contribution < -0.4 is 0 Å². The summed E-state index contributed by atoms with van der Waals surface area (Å²) in [5.74, 6) is -0.936. The minimum atomic E-state index is -1.43. The molecule has 0 bridgehead atoms. The van der Waals surface area contributed by atoms with Crippen molar-refractivity contribution in [1.82, 2.24) is 9.80 Å². The highest BCUT2D eigenvalue weighted by atomic mass is 16.2. The van der Waals surface area contributed by atoms with Crippen molar-refractivity contribution in [3.63, 3.8) is 0 Å². The second kappa shape index (κ2) is 8.56. The molecule has 0 aliphatic carbocycles. The van der Waals surface area contributed by atoms with Gasteiger partial charge in [-0.15, -0.1) is 0 Å². The monoisotopic (exact) mass is 412 g/mol. The van der Waals surface area contributed by atoms with Gasteiger partial charge in [-0.3, -0.25) is 19.4 Å². The predicted octanol–water partition coefficient (Wildman–Crippen LogP) is 4.53. The SMILES string of the molecule is CCC1(c2ccccc2)C(=O)N(Cc2ccccc2)C(=O)N(Cc2ccccc2)C1=O. The highest BCUT2D eigenvalue weighted by molar-refractivity contribution is 6.22. The number of barbiturate groups is 1. The van der Waals surface area contributed by atoms with Crippen molar-refractivity contribution >= 4 is 17.8 Å². The van der Waals surface area contributed by atoms with Gasteiger partial charge in [0, 0.05) is 0 Å². The van der Waals surface area contributed by atoms with Crippen LogP contribution in [0.3, 0.4) is 0 Å². The first-order chi connectivity index (χ1) is 15.1. The van der Waals surface area contributed by atoms with Gasteiger partial charge < -0.3 is 0 Å². The molecule has 0 saturated carbocycles. The Labute approximate surface area is 181 Å². The number of hydrogen-bond acceptors (Lipinski definition) is 3. The number of carbonyl (C=O) groups is 3. The molecule has 5 nitrogen and oxygen atoms in total. The van der Waals surface area contributed by atoms with E-state index in [1.807, 2.05) is 85.8 Å². The molecule has 0 N–H and O–H groups in total. The molecule has 0 aromatic heterocycles. The van der Waals surface area contributed by atoms with Gasteiger partial charge in [0.15, 0.2) is 5.41 Å². The van der Waals surface area contributed by atoms with E-state index in [2.05, 4.69) is 0 Å². The fourth-order valence-electron chi connectivity index (χ4n) is 4.16. The summed E-state index contributed by atoms with van der Waals surface area (Å²) in [4.78, 5) is 43.4. The van der Waals surface area contributed by atoms with Crippen molar-refractivity contribution in [3.8, 4) is 0 Å². The molecule has 1 aliphatic heterocycles. The van der Waals surface area contributed by atoms with Crippen LogP contribution >= 0.6 is 0 Å². The number of urea groups is 1. The Bertz CT molecular complexity index is 1020. The van der Waals surface area contributed by atoms with E-state index in [9.17, 15) is 14.4 Å². The van der Waals surface area contributed by atoms with E-state index in [0.29, 0.717) is 5.56 Å². The Morgan fingerprint density at radius 2 is 1.00 bits per heavy atom. The average Bonchev–Trinajstić information content (AvgIpc) is 2.82. The maximum atomic E-state index is 13.8. The third kappa shape index (κ3) is 3.63. The van der Waals surface area contributed by atoms with Crippen molar-refractivity contribution < 1.29 is 14.4 Å². The molecule has 1 saturated heterocycles. The van der Waals surface area contributed by atoms with Crippen LogP contribution in [0.15, 0.2) is 91.0 Å². The molecule has 0 atom stereocenters. The molecule has 1 fully saturated rings. The molecule has 156 valence electrons. The van der Waals surface area contributed by atoms with Crippen LogP contribution in [0, 0.1) is 0 Å². The van der Waals surface area contributed by atoms with Gasteiger partial charge in [-0.05, 0) is 23.1 Å². The second-order valence-corrected chi connectivity index (χ2v) is 7.66. The summed E-state index contributed by atoms with van der Waals surface area (Å²) in [6, 6.07) is 27.2. The minimum Gasteiger partial charge on any atom is -0.273 e. The van der Waals surface area contributed by atoms with Crippen LogP contribution in [0.5, 0.6) is 0 Å². The van der Waals surface area contributed by atoms with Crippen molar-refractivity contribution in [1.29, 1.82) is 0 Å². The summed E-state index contributed by atoms with van der Waals surface area (Å²) in [6.07, 6.45) is 0.262. The molecule has 3 aromatic rings. The Kier molecular flexibility index (Phi) is 5.67. The Hall–Kier alpha value is -3.73. The molecular weight excluding hydrogens is 388 g/mol.